The molecular weight excluding hydrogens is 324 g/mol. The topological polar surface area (TPSA) is 36.9 Å². The van der Waals surface area contributed by atoms with Crippen LogP contribution in [0.3, 0.4) is 0 Å². The minimum absolute atomic E-state index is 0.0303. The van der Waals surface area contributed by atoms with E-state index in [1.165, 1.54) is 24.8 Å². The van der Waals surface area contributed by atoms with Gasteiger partial charge in [-0.2, -0.15) is 0 Å². The fourth-order valence-corrected chi connectivity index (χ4v) is 5.35. The molecule has 1 aromatic rings. The lowest BCUT2D eigenvalue weighted by Crippen LogP contribution is -2.50. The third-order valence-electron chi connectivity index (χ3n) is 5.23. The molecule has 0 unspecified atom stereocenters. The van der Waals surface area contributed by atoms with Gasteiger partial charge in [-0.15, -0.1) is 11.8 Å². The molecule has 2 saturated heterocycles. The average Bonchev–Trinajstić information content (AvgIpc) is 2.98. The smallest absolute Gasteiger partial charge is 0.171 e. The Morgan fingerprint density at radius 3 is 2.67 bits per heavy atom. The predicted molar refractivity (Wildman–Crippen MR) is 93.8 cm³/mol. The Bertz CT molecular complexity index is 531. The summed E-state index contributed by atoms with van der Waals surface area (Å²) < 4.78 is 24.4. The van der Waals surface area contributed by atoms with Crippen LogP contribution in [-0.2, 0) is 24.7 Å². The molecule has 4 nitrogen and oxygen atoms in total. The fourth-order valence-electron chi connectivity index (χ4n) is 4.01. The first-order valence-corrected chi connectivity index (χ1v) is 10.0. The van der Waals surface area contributed by atoms with E-state index in [2.05, 4.69) is 24.3 Å². The Morgan fingerprint density at radius 2 is 1.92 bits per heavy atom. The molecule has 1 spiro atoms. The van der Waals surface area contributed by atoms with Gasteiger partial charge in [0.05, 0.1) is 11.9 Å². The van der Waals surface area contributed by atoms with Crippen molar-refractivity contribution < 1.29 is 18.9 Å². The van der Waals surface area contributed by atoms with Crippen LogP contribution in [-0.4, -0.2) is 43.3 Å². The lowest BCUT2D eigenvalue weighted by atomic mass is 9.94. The zero-order chi connectivity index (χ0) is 16.4. The summed E-state index contributed by atoms with van der Waals surface area (Å²) in [5, 5.41) is 0.134. The van der Waals surface area contributed by atoms with Crippen LogP contribution >= 0.6 is 11.8 Å². The van der Waals surface area contributed by atoms with Gasteiger partial charge in [-0.3, -0.25) is 0 Å². The summed E-state index contributed by atoms with van der Waals surface area (Å²) in [6.45, 7) is 0.563. The van der Waals surface area contributed by atoms with Gasteiger partial charge < -0.3 is 18.9 Å². The minimum atomic E-state index is -0.370. The first-order chi connectivity index (χ1) is 11.8. The molecule has 0 aromatic heterocycles. The molecule has 4 rings (SSSR count). The van der Waals surface area contributed by atoms with E-state index in [-0.39, 0.29) is 29.5 Å². The van der Waals surface area contributed by atoms with Gasteiger partial charge in [0.15, 0.2) is 12.1 Å². The number of thioether (sulfide) groups is 1. The quantitative estimate of drug-likeness (QED) is 0.827. The molecule has 1 saturated carbocycles. The molecule has 3 fully saturated rings. The van der Waals surface area contributed by atoms with E-state index < -0.39 is 0 Å². The van der Waals surface area contributed by atoms with Crippen molar-refractivity contribution in [3.8, 4) is 0 Å². The second kappa shape index (κ2) is 7.34. The van der Waals surface area contributed by atoms with E-state index in [4.69, 9.17) is 18.9 Å². The molecule has 4 atom stereocenters. The van der Waals surface area contributed by atoms with Crippen LogP contribution in [0.2, 0.25) is 0 Å². The van der Waals surface area contributed by atoms with Gasteiger partial charge in [0, 0.05) is 25.7 Å². The highest BCUT2D eigenvalue weighted by Gasteiger charge is 2.54. The molecule has 5 heteroatoms. The van der Waals surface area contributed by atoms with Crippen LogP contribution in [0.1, 0.15) is 37.7 Å². The first-order valence-electron chi connectivity index (χ1n) is 8.95. The highest BCUT2D eigenvalue weighted by molar-refractivity contribution is 7.99. The van der Waals surface area contributed by atoms with Crippen LogP contribution in [0.15, 0.2) is 30.3 Å². The van der Waals surface area contributed by atoms with Crippen LogP contribution in [0.5, 0.6) is 0 Å². The molecule has 24 heavy (non-hydrogen) atoms. The maximum Gasteiger partial charge on any atom is 0.171 e. The lowest BCUT2D eigenvalue weighted by molar-refractivity contribution is -0.194. The molecule has 0 bridgehead atoms. The van der Waals surface area contributed by atoms with Crippen molar-refractivity contribution in [2.45, 2.75) is 67.4 Å². The van der Waals surface area contributed by atoms with Crippen molar-refractivity contribution in [2.75, 3.05) is 13.7 Å². The SMILES string of the molecule is CO[C@H]1OC[C@H]2OC3(CCCCC3)O[C@@H]2[C@@H]1SCc1ccccc1. The van der Waals surface area contributed by atoms with Crippen molar-refractivity contribution in [1.82, 2.24) is 0 Å². The lowest BCUT2D eigenvalue weighted by Gasteiger charge is -2.36. The standard InChI is InChI=1S/C19H26O4S/c1-20-18-17(24-13-14-8-4-2-5-9-14)16-15(12-21-18)22-19(23-16)10-6-3-7-11-19/h2,4-5,8-9,15-18H,3,6-7,10-13H2,1H3/t15-,16+,17+,18+/m1/s1. The summed E-state index contributed by atoms with van der Waals surface area (Å²) in [4.78, 5) is 0. The monoisotopic (exact) mass is 350 g/mol. The molecule has 3 aliphatic rings. The Labute approximate surface area is 148 Å². The van der Waals surface area contributed by atoms with E-state index in [1.807, 2.05) is 17.8 Å². The largest absolute Gasteiger partial charge is 0.355 e. The highest BCUT2D eigenvalue weighted by atomic mass is 32.2. The Kier molecular flexibility index (Phi) is 5.16. The van der Waals surface area contributed by atoms with Gasteiger partial charge in [-0.05, 0) is 18.4 Å². The Hall–Kier alpha value is -0.590. The molecule has 0 radical (unpaired) electrons. The summed E-state index contributed by atoms with van der Waals surface area (Å²) >= 11 is 1.85. The summed E-state index contributed by atoms with van der Waals surface area (Å²) in [7, 11) is 1.72. The van der Waals surface area contributed by atoms with Crippen LogP contribution in [0, 0.1) is 0 Å². The Balaban J connectivity index is 1.47. The van der Waals surface area contributed by atoms with Gasteiger partial charge in [0.1, 0.15) is 12.2 Å². The third kappa shape index (κ3) is 3.37. The van der Waals surface area contributed by atoms with E-state index in [0.29, 0.717) is 6.61 Å². The van der Waals surface area contributed by atoms with Gasteiger partial charge in [0.2, 0.25) is 0 Å². The number of methoxy groups -OCH3 is 1. The number of fused-ring (bicyclic) bond motifs is 1. The molecule has 2 heterocycles. The van der Waals surface area contributed by atoms with Crippen molar-refractivity contribution in [1.29, 1.82) is 0 Å². The van der Waals surface area contributed by atoms with Gasteiger partial charge in [0.25, 0.3) is 0 Å². The van der Waals surface area contributed by atoms with E-state index in [9.17, 15) is 0 Å². The normalized spacial score (nSPS) is 35.0. The van der Waals surface area contributed by atoms with E-state index >= 15 is 0 Å². The minimum Gasteiger partial charge on any atom is -0.355 e. The molecule has 0 N–H and O–H groups in total. The number of benzene rings is 1. The number of ether oxygens (including phenoxy) is 4. The summed E-state index contributed by atoms with van der Waals surface area (Å²) in [6.07, 6.45) is 5.53. The zero-order valence-corrected chi connectivity index (χ0v) is 15.0. The maximum atomic E-state index is 6.52. The van der Waals surface area contributed by atoms with E-state index in [0.717, 1.165) is 18.6 Å². The molecule has 2 aliphatic heterocycles. The number of hydrogen-bond donors (Lipinski definition) is 0. The van der Waals surface area contributed by atoms with Crippen molar-refractivity contribution in [3.05, 3.63) is 35.9 Å². The summed E-state index contributed by atoms with van der Waals surface area (Å²) in [5.41, 5.74) is 1.31. The zero-order valence-electron chi connectivity index (χ0n) is 14.2. The summed E-state index contributed by atoms with van der Waals surface area (Å²) in [6, 6.07) is 10.5. The van der Waals surface area contributed by atoms with Gasteiger partial charge in [-0.1, -0.05) is 36.8 Å². The van der Waals surface area contributed by atoms with Crippen LogP contribution in [0.4, 0.5) is 0 Å². The molecule has 1 aromatic carbocycles. The van der Waals surface area contributed by atoms with Gasteiger partial charge >= 0.3 is 0 Å². The van der Waals surface area contributed by atoms with E-state index in [1.54, 1.807) is 7.11 Å². The number of rotatable bonds is 4. The average molecular weight is 350 g/mol. The second-order valence-corrected chi connectivity index (χ2v) is 8.08. The molecule has 132 valence electrons. The van der Waals surface area contributed by atoms with Crippen LogP contribution < -0.4 is 0 Å². The maximum absolute atomic E-state index is 6.52. The predicted octanol–water partition coefficient (Wildman–Crippen LogP) is 3.74. The van der Waals surface area contributed by atoms with Crippen LogP contribution in [0.25, 0.3) is 0 Å². The first kappa shape index (κ1) is 16.9. The van der Waals surface area contributed by atoms with Crippen molar-refractivity contribution >= 4 is 11.8 Å². The third-order valence-corrected chi connectivity index (χ3v) is 6.61. The molecule has 1 aliphatic carbocycles. The second-order valence-electron chi connectivity index (χ2n) is 6.91. The fraction of sp³-hybridized carbons (Fsp3) is 0.684. The number of hydrogen-bond acceptors (Lipinski definition) is 5. The van der Waals surface area contributed by atoms with Gasteiger partial charge in [-0.25, -0.2) is 0 Å². The van der Waals surface area contributed by atoms with Crippen molar-refractivity contribution in [3.63, 3.8) is 0 Å². The Morgan fingerprint density at radius 1 is 1.12 bits per heavy atom. The summed E-state index contributed by atoms with van der Waals surface area (Å²) in [5.74, 6) is 0.555. The molecule has 0 amide bonds. The highest BCUT2D eigenvalue weighted by Crippen LogP contribution is 2.46. The molecular formula is C19H26O4S. The van der Waals surface area contributed by atoms with Crippen molar-refractivity contribution in [2.24, 2.45) is 0 Å².